The molecule has 2 unspecified atom stereocenters. The highest BCUT2D eigenvalue weighted by Gasteiger charge is 2.37. The first-order chi connectivity index (χ1) is 9.40. The van der Waals surface area contributed by atoms with Gasteiger partial charge < -0.3 is 10.2 Å². The van der Waals surface area contributed by atoms with Crippen molar-refractivity contribution in [1.82, 2.24) is 15.1 Å². The third kappa shape index (κ3) is 2.85. The molecule has 0 aliphatic carbocycles. The van der Waals surface area contributed by atoms with Crippen molar-refractivity contribution in [3.63, 3.8) is 0 Å². The van der Waals surface area contributed by atoms with Crippen molar-refractivity contribution >= 4 is 5.69 Å². The lowest BCUT2D eigenvalue weighted by Crippen LogP contribution is -2.64. The Hall–Kier alpha value is -1.03. The van der Waals surface area contributed by atoms with E-state index in [4.69, 9.17) is 0 Å². The van der Waals surface area contributed by atoms with Crippen molar-refractivity contribution in [2.75, 3.05) is 18.0 Å². The van der Waals surface area contributed by atoms with E-state index in [-0.39, 0.29) is 5.54 Å². The van der Waals surface area contributed by atoms with Gasteiger partial charge in [0.1, 0.15) is 0 Å². The number of nitrogens with one attached hydrogen (secondary N) is 1. The molecule has 1 fully saturated rings. The van der Waals surface area contributed by atoms with Crippen molar-refractivity contribution in [1.29, 1.82) is 0 Å². The minimum absolute atomic E-state index is 0.201. The van der Waals surface area contributed by atoms with Crippen LogP contribution in [-0.4, -0.2) is 34.5 Å². The van der Waals surface area contributed by atoms with Crippen molar-refractivity contribution in [3.05, 3.63) is 11.9 Å². The monoisotopic (exact) mass is 278 g/mol. The molecule has 4 heteroatoms. The summed E-state index contributed by atoms with van der Waals surface area (Å²) >= 11 is 0. The minimum Gasteiger partial charge on any atom is -0.362 e. The number of aryl methyl sites for hydroxylation is 2. The Morgan fingerprint density at radius 2 is 2.15 bits per heavy atom. The molecule has 1 aromatic heterocycles. The zero-order valence-electron chi connectivity index (χ0n) is 13.9. The summed E-state index contributed by atoms with van der Waals surface area (Å²) < 4.78 is 1.96. The van der Waals surface area contributed by atoms with Gasteiger partial charge in [-0.05, 0) is 25.7 Å². The average molecular weight is 278 g/mol. The van der Waals surface area contributed by atoms with Gasteiger partial charge in [0, 0.05) is 37.9 Å². The molecule has 2 heterocycles. The van der Waals surface area contributed by atoms with Crippen LogP contribution in [0.25, 0.3) is 0 Å². The Bertz CT molecular complexity index is 451. The number of anilines is 1. The molecule has 1 aliphatic rings. The highest BCUT2D eigenvalue weighted by Crippen LogP contribution is 2.30. The number of piperazine rings is 1. The molecule has 0 aromatic carbocycles. The second-order valence-electron chi connectivity index (χ2n) is 6.72. The zero-order chi connectivity index (χ0) is 14.9. The van der Waals surface area contributed by atoms with E-state index in [0.29, 0.717) is 12.0 Å². The summed E-state index contributed by atoms with van der Waals surface area (Å²) in [4.78, 5) is 2.59. The van der Waals surface area contributed by atoms with E-state index in [1.165, 1.54) is 11.4 Å². The minimum atomic E-state index is 0.201. The quantitative estimate of drug-likeness (QED) is 0.919. The number of nitrogens with zero attached hydrogens (tertiary/aromatic N) is 3. The van der Waals surface area contributed by atoms with Crippen LogP contribution >= 0.6 is 0 Å². The van der Waals surface area contributed by atoms with Crippen LogP contribution in [0.15, 0.2) is 6.20 Å². The van der Waals surface area contributed by atoms with Crippen LogP contribution in [0.4, 0.5) is 5.69 Å². The highest BCUT2D eigenvalue weighted by molar-refractivity contribution is 5.52. The van der Waals surface area contributed by atoms with E-state index in [1.54, 1.807) is 0 Å². The van der Waals surface area contributed by atoms with Gasteiger partial charge in [-0.15, -0.1) is 0 Å². The summed E-state index contributed by atoms with van der Waals surface area (Å²) in [6, 6.07) is 0.545. The first-order valence-electron chi connectivity index (χ1n) is 7.94. The van der Waals surface area contributed by atoms with E-state index in [1.807, 2.05) is 11.7 Å². The molecule has 1 aromatic rings. The van der Waals surface area contributed by atoms with Crippen LogP contribution < -0.4 is 10.2 Å². The van der Waals surface area contributed by atoms with Gasteiger partial charge in [-0.25, -0.2) is 0 Å². The molecule has 1 saturated heterocycles. The van der Waals surface area contributed by atoms with Crippen molar-refractivity contribution in [3.8, 4) is 0 Å². The van der Waals surface area contributed by atoms with Crippen molar-refractivity contribution < 1.29 is 0 Å². The first kappa shape index (κ1) is 15.4. The molecule has 4 nitrogen and oxygen atoms in total. The third-order valence-corrected chi connectivity index (χ3v) is 4.74. The normalized spacial score (nSPS) is 27.4. The van der Waals surface area contributed by atoms with E-state index in [0.717, 1.165) is 25.9 Å². The molecular weight excluding hydrogens is 248 g/mol. The Balaban J connectivity index is 2.36. The zero-order valence-corrected chi connectivity index (χ0v) is 13.9. The fourth-order valence-electron chi connectivity index (χ4n) is 3.12. The van der Waals surface area contributed by atoms with Gasteiger partial charge in [0.05, 0.1) is 11.4 Å². The summed E-state index contributed by atoms with van der Waals surface area (Å²) in [5.41, 5.74) is 2.75. The summed E-state index contributed by atoms with van der Waals surface area (Å²) in [6.45, 7) is 13.5. The number of hydrogen-bond acceptors (Lipinski definition) is 3. The summed E-state index contributed by atoms with van der Waals surface area (Å²) in [6.07, 6.45) is 4.33. The van der Waals surface area contributed by atoms with Gasteiger partial charge in [-0.2, -0.15) is 5.10 Å². The standard InChI is InChI=1S/C16H30N4/c1-7-13-15(10-19(6)18-13)20-11-16(5,8-2)17-9-14(20)12(3)4/h10,12,14,17H,7-9,11H2,1-6H3. The van der Waals surface area contributed by atoms with Gasteiger partial charge in [-0.1, -0.05) is 27.7 Å². The second-order valence-corrected chi connectivity index (χ2v) is 6.72. The third-order valence-electron chi connectivity index (χ3n) is 4.74. The smallest absolute Gasteiger partial charge is 0.0855 e. The largest absolute Gasteiger partial charge is 0.362 e. The van der Waals surface area contributed by atoms with Gasteiger partial charge in [0.15, 0.2) is 0 Å². The topological polar surface area (TPSA) is 33.1 Å². The maximum absolute atomic E-state index is 4.63. The fraction of sp³-hybridized carbons (Fsp3) is 0.812. The van der Waals surface area contributed by atoms with Crippen LogP contribution in [0, 0.1) is 5.92 Å². The molecule has 1 aliphatic heterocycles. The molecule has 20 heavy (non-hydrogen) atoms. The van der Waals surface area contributed by atoms with Crippen LogP contribution in [0.1, 0.15) is 46.7 Å². The maximum Gasteiger partial charge on any atom is 0.0855 e. The lowest BCUT2D eigenvalue weighted by molar-refractivity contribution is 0.252. The van der Waals surface area contributed by atoms with Crippen molar-refractivity contribution in [2.45, 2.75) is 59.0 Å². The molecule has 0 saturated carbocycles. The SMILES string of the molecule is CCc1nn(C)cc1N1CC(C)(CC)NCC1C(C)C. The lowest BCUT2D eigenvalue weighted by Gasteiger charge is -2.48. The van der Waals surface area contributed by atoms with Gasteiger partial charge in [-0.3, -0.25) is 4.68 Å². The van der Waals surface area contributed by atoms with E-state index in [9.17, 15) is 0 Å². The van der Waals surface area contributed by atoms with Crippen LogP contribution in [0.5, 0.6) is 0 Å². The molecule has 0 spiro atoms. The van der Waals surface area contributed by atoms with Gasteiger partial charge >= 0.3 is 0 Å². The van der Waals surface area contributed by atoms with E-state index >= 15 is 0 Å². The Morgan fingerprint density at radius 1 is 1.45 bits per heavy atom. The molecular formula is C16H30N4. The first-order valence-corrected chi connectivity index (χ1v) is 7.94. The van der Waals surface area contributed by atoms with E-state index < -0.39 is 0 Å². The molecule has 0 radical (unpaired) electrons. The van der Waals surface area contributed by atoms with Crippen LogP contribution in [-0.2, 0) is 13.5 Å². The Labute approximate surface area is 123 Å². The predicted octanol–water partition coefficient (Wildman–Crippen LogP) is 2.59. The maximum atomic E-state index is 4.63. The Morgan fingerprint density at radius 3 is 2.70 bits per heavy atom. The predicted molar refractivity (Wildman–Crippen MR) is 85.3 cm³/mol. The molecule has 114 valence electrons. The second kappa shape index (κ2) is 5.76. The van der Waals surface area contributed by atoms with Gasteiger partial charge in [0.2, 0.25) is 0 Å². The summed E-state index contributed by atoms with van der Waals surface area (Å²) in [5, 5.41) is 8.38. The van der Waals surface area contributed by atoms with Crippen LogP contribution in [0.2, 0.25) is 0 Å². The summed E-state index contributed by atoms with van der Waals surface area (Å²) in [5.74, 6) is 0.633. The average Bonchev–Trinajstić information content (AvgIpc) is 2.79. The molecule has 2 atom stereocenters. The molecule has 0 amide bonds. The number of rotatable bonds is 4. The van der Waals surface area contributed by atoms with Crippen LogP contribution in [0.3, 0.4) is 0 Å². The van der Waals surface area contributed by atoms with Crippen molar-refractivity contribution in [2.24, 2.45) is 13.0 Å². The fourth-order valence-corrected chi connectivity index (χ4v) is 3.12. The molecule has 1 N–H and O–H groups in total. The highest BCUT2D eigenvalue weighted by atomic mass is 15.3. The van der Waals surface area contributed by atoms with Gasteiger partial charge in [0.25, 0.3) is 0 Å². The number of aromatic nitrogens is 2. The summed E-state index contributed by atoms with van der Waals surface area (Å²) in [7, 11) is 2.02. The molecule has 2 rings (SSSR count). The lowest BCUT2D eigenvalue weighted by atomic mass is 9.89. The molecule has 0 bridgehead atoms. The van der Waals surface area contributed by atoms with E-state index in [2.05, 4.69) is 56.1 Å². The Kier molecular flexibility index (Phi) is 4.43. The number of hydrogen-bond donors (Lipinski definition) is 1.